The van der Waals surface area contributed by atoms with Crippen LogP contribution < -0.4 is 4.74 Å². The van der Waals surface area contributed by atoms with Crippen LogP contribution in [0, 0.1) is 12.3 Å². The van der Waals surface area contributed by atoms with Crippen LogP contribution in [-0.4, -0.2) is 6.61 Å². The summed E-state index contributed by atoms with van der Waals surface area (Å²) in [5, 5.41) is 0. The fourth-order valence-electron chi connectivity index (χ4n) is 2.07. The number of rotatable bonds is 7. The summed E-state index contributed by atoms with van der Waals surface area (Å²) in [7, 11) is 0. The monoisotopic (exact) mass is 264 g/mol. The van der Waals surface area contributed by atoms with Gasteiger partial charge in [-0.1, -0.05) is 42.5 Å². The van der Waals surface area contributed by atoms with Gasteiger partial charge in [0.25, 0.3) is 0 Å². The highest BCUT2D eigenvalue weighted by Crippen LogP contribution is 2.22. The molecule has 0 N–H and O–H groups in total. The average molecular weight is 264 g/mol. The standard InChI is InChI=1S/C19H20O/c1-2-3-4-5-9-16-20-19-14-12-18(13-15-19)17-10-7-6-8-11-17/h1,6-8,10-15H,3-5,9,16H2. The molecule has 0 aliphatic carbocycles. The molecule has 1 nitrogen and oxygen atoms in total. The van der Waals surface area contributed by atoms with E-state index < -0.39 is 0 Å². The molecule has 0 amide bonds. The summed E-state index contributed by atoms with van der Waals surface area (Å²) in [5.41, 5.74) is 2.44. The van der Waals surface area contributed by atoms with Gasteiger partial charge >= 0.3 is 0 Å². The Hall–Kier alpha value is -2.20. The van der Waals surface area contributed by atoms with Crippen LogP contribution in [0.4, 0.5) is 0 Å². The van der Waals surface area contributed by atoms with Gasteiger partial charge in [-0.3, -0.25) is 0 Å². The highest BCUT2D eigenvalue weighted by Gasteiger charge is 1.98. The van der Waals surface area contributed by atoms with E-state index >= 15 is 0 Å². The van der Waals surface area contributed by atoms with Crippen molar-refractivity contribution in [2.75, 3.05) is 6.61 Å². The molecule has 0 aliphatic rings. The maximum atomic E-state index is 5.73. The first-order valence-electron chi connectivity index (χ1n) is 7.12. The molecule has 2 aromatic carbocycles. The van der Waals surface area contributed by atoms with Crippen LogP contribution in [0.5, 0.6) is 5.75 Å². The van der Waals surface area contributed by atoms with E-state index in [-0.39, 0.29) is 0 Å². The molecule has 0 fully saturated rings. The van der Waals surface area contributed by atoms with Crippen molar-refractivity contribution in [3.8, 4) is 29.2 Å². The molecule has 0 radical (unpaired) electrons. The second-order valence-corrected chi connectivity index (χ2v) is 4.75. The van der Waals surface area contributed by atoms with Gasteiger partial charge in [-0.25, -0.2) is 0 Å². The zero-order valence-electron chi connectivity index (χ0n) is 11.7. The Bertz CT molecular complexity index is 534. The average Bonchev–Trinajstić information content (AvgIpc) is 2.52. The third kappa shape index (κ3) is 4.48. The van der Waals surface area contributed by atoms with Gasteiger partial charge < -0.3 is 4.74 Å². The molecule has 0 atom stereocenters. The number of ether oxygens (including phenoxy) is 1. The van der Waals surface area contributed by atoms with Gasteiger partial charge in [0.05, 0.1) is 6.61 Å². The summed E-state index contributed by atoms with van der Waals surface area (Å²) in [4.78, 5) is 0. The zero-order valence-corrected chi connectivity index (χ0v) is 11.7. The zero-order chi connectivity index (χ0) is 14.0. The largest absolute Gasteiger partial charge is 0.494 e. The van der Waals surface area contributed by atoms with Crippen molar-refractivity contribution >= 4 is 0 Å². The lowest BCUT2D eigenvalue weighted by molar-refractivity contribution is 0.305. The minimum absolute atomic E-state index is 0.759. The number of benzene rings is 2. The summed E-state index contributed by atoms with van der Waals surface area (Å²) in [6, 6.07) is 18.6. The Morgan fingerprint density at radius 2 is 1.50 bits per heavy atom. The second kappa shape index (κ2) is 8.07. The number of hydrogen-bond acceptors (Lipinski definition) is 1. The summed E-state index contributed by atoms with van der Waals surface area (Å²) in [6.07, 6.45) is 9.36. The van der Waals surface area contributed by atoms with Crippen molar-refractivity contribution in [3.05, 3.63) is 54.6 Å². The van der Waals surface area contributed by atoms with Crippen LogP contribution in [0.1, 0.15) is 25.7 Å². The fraction of sp³-hybridized carbons (Fsp3) is 0.263. The Morgan fingerprint density at radius 3 is 2.20 bits per heavy atom. The molecule has 0 unspecified atom stereocenters. The normalized spacial score (nSPS) is 9.95. The maximum Gasteiger partial charge on any atom is 0.119 e. The Kier molecular flexibility index (Phi) is 5.73. The maximum absolute atomic E-state index is 5.73. The van der Waals surface area contributed by atoms with Crippen LogP contribution >= 0.6 is 0 Å². The first-order valence-corrected chi connectivity index (χ1v) is 7.12. The van der Waals surface area contributed by atoms with Crippen molar-refractivity contribution in [2.45, 2.75) is 25.7 Å². The molecule has 1 heteroatoms. The molecule has 102 valence electrons. The summed E-state index contributed by atoms with van der Waals surface area (Å²) < 4.78 is 5.73. The smallest absolute Gasteiger partial charge is 0.119 e. The molecule has 0 spiro atoms. The van der Waals surface area contributed by atoms with Crippen LogP contribution in [0.3, 0.4) is 0 Å². The molecule has 20 heavy (non-hydrogen) atoms. The van der Waals surface area contributed by atoms with Crippen molar-refractivity contribution in [1.29, 1.82) is 0 Å². The topological polar surface area (TPSA) is 9.23 Å². The summed E-state index contributed by atoms with van der Waals surface area (Å²) in [6.45, 7) is 0.759. The third-order valence-electron chi connectivity index (χ3n) is 3.20. The van der Waals surface area contributed by atoms with E-state index in [1.54, 1.807) is 0 Å². The predicted octanol–water partition coefficient (Wildman–Crippen LogP) is 4.93. The van der Waals surface area contributed by atoms with E-state index in [0.717, 1.165) is 38.0 Å². The molecule has 2 aromatic rings. The van der Waals surface area contributed by atoms with E-state index in [4.69, 9.17) is 11.2 Å². The molecular weight excluding hydrogens is 244 g/mol. The van der Waals surface area contributed by atoms with Crippen LogP contribution in [-0.2, 0) is 0 Å². The van der Waals surface area contributed by atoms with Gasteiger partial charge in [-0.05, 0) is 42.5 Å². The fourth-order valence-corrected chi connectivity index (χ4v) is 2.07. The minimum Gasteiger partial charge on any atom is -0.494 e. The summed E-state index contributed by atoms with van der Waals surface area (Å²) >= 11 is 0. The highest BCUT2D eigenvalue weighted by atomic mass is 16.5. The molecule has 0 aromatic heterocycles. The van der Waals surface area contributed by atoms with Gasteiger partial charge in [-0.2, -0.15) is 0 Å². The Labute approximate surface area is 121 Å². The van der Waals surface area contributed by atoms with Crippen LogP contribution in [0.15, 0.2) is 54.6 Å². The van der Waals surface area contributed by atoms with E-state index in [9.17, 15) is 0 Å². The van der Waals surface area contributed by atoms with E-state index in [1.165, 1.54) is 11.1 Å². The number of terminal acetylenes is 1. The molecule has 0 saturated carbocycles. The van der Waals surface area contributed by atoms with Crippen LogP contribution in [0.2, 0.25) is 0 Å². The molecular formula is C19H20O. The van der Waals surface area contributed by atoms with Crippen molar-refractivity contribution in [1.82, 2.24) is 0 Å². The first kappa shape index (κ1) is 14.2. The Balaban J connectivity index is 1.79. The van der Waals surface area contributed by atoms with Crippen LogP contribution in [0.25, 0.3) is 11.1 Å². The molecule has 2 rings (SSSR count). The van der Waals surface area contributed by atoms with Gasteiger partial charge in [0.1, 0.15) is 5.75 Å². The SMILES string of the molecule is C#CCCCCCOc1ccc(-c2ccccc2)cc1. The lowest BCUT2D eigenvalue weighted by Gasteiger charge is -2.07. The van der Waals surface area contributed by atoms with E-state index in [0.29, 0.717) is 0 Å². The highest BCUT2D eigenvalue weighted by molar-refractivity contribution is 5.63. The molecule has 0 aliphatic heterocycles. The molecule has 0 heterocycles. The quantitative estimate of drug-likeness (QED) is 0.509. The summed E-state index contributed by atoms with van der Waals surface area (Å²) in [5.74, 6) is 3.59. The first-order chi connectivity index (χ1) is 9.90. The van der Waals surface area contributed by atoms with E-state index in [1.807, 2.05) is 18.2 Å². The van der Waals surface area contributed by atoms with E-state index in [2.05, 4.69) is 42.3 Å². The lowest BCUT2D eigenvalue weighted by atomic mass is 10.1. The van der Waals surface area contributed by atoms with Crippen molar-refractivity contribution in [3.63, 3.8) is 0 Å². The number of hydrogen-bond donors (Lipinski definition) is 0. The molecule has 0 saturated heterocycles. The lowest BCUT2D eigenvalue weighted by Crippen LogP contribution is -1.97. The Morgan fingerprint density at radius 1 is 0.800 bits per heavy atom. The van der Waals surface area contributed by atoms with Gasteiger partial charge in [0, 0.05) is 6.42 Å². The van der Waals surface area contributed by atoms with Gasteiger partial charge in [-0.15, -0.1) is 12.3 Å². The van der Waals surface area contributed by atoms with Gasteiger partial charge in [0.2, 0.25) is 0 Å². The predicted molar refractivity (Wildman–Crippen MR) is 84.7 cm³/mol. The van der Waals surface area contributed by atoms with Crippen molar-refractivity contribution < 1.29 is 4.74 Å². The minimum atomic E-state index is 0.759. The van der Waals surface area contributed by atoms with Gasteiger partial charge in [0.15, 0.2) is 0 Å². The number of unbranched alkanes of at least 4 members (excludes halogenated alkanes) is 3. The van der Waals surface area contributed by atoms with Crippen molar-refractivity contribution in [2.24, 2.45) is 0 Å². The second-order valence-electron chi connectivity index (χ2n) is 4.75. The molecule has 0 bridgehead atoms. The third-order valence-corrected chi connectivity index (χ3v) is 3.20.